The molecule has 1 aliphatic rings. The molecule has 0 aliphatic carbocycles. The molecule has 2 heterocycles. The van der Waals surface area contributed by atoms with Crippen LogP contribution in [0.3, 0.4) is 0 Å². The van der Waals surface area contributed by atoms with Crippen molar-refractivity contribution in [1.82, 2.24) is 20.4 Å². The normalized spacial score (nSPS) is 18.3. The van der Waals surface area contributed by atoms with E-state index in [9.17, 15) is 9.18 Å². The maximum Gasteiger partial charge on any atom is 0.272 e. The predicted octanol–water partition coefficient (Wildman–Crippen LogP) is 3.51. The first-order valence-corrected chi connectivity index (χ1v) is 8.44. The summed E-state index contributed by atoms with van der Waals surface area (Å²) in [7, 11) is 0. The van der Waals surface area contributed by atoms with E-state index in [-0.39, 0.29) is 30.4 Å². The summed E-state index contributed by atoms with van der Waals surface area (Å²) in [6.07, 6.45) is 3.99. The minimum atomic E-state index is -0.401. The molecule has 1 fully saturated rings. The molecule has 1 aromatic carbocycles. The first-order valence-electron chi connectivity index (χ1n) is 8.06. The zero-order valence-electron chi connectivity index (χ0n) is 13.8. The molecule has 0 radical (unpaired) electrons. The van der Waals surface area contributed by atoms with Gasteiger partial charge in [0.25, 0.3) is 5.91 Å². The second-order valence-electron chi connectivity index (χ2n) is 6.04. The third kappa shape index (κ3) is 4.71. The number of piperidine rings is 1. The Bertz CT molecular complexity index is 731. The van der Waals surface area contributed by atoms with Crippen LogP contribution in [0, 0.1) is 5.82 Å². The molecule has 8 heteroatoms. The van der Waals surface area contributed by atoms with Gasteiger partial charge in [0.15, 0.2) is 0 Å². The molecule has 1 saturated heterocycles. The quantitative estimate of drug-likeness (QED) is 0.844. The second kappa shape index (κ2) is 8.65. The molecule has 136 valence electrons. The Morgan fingerprint density at radius 2 is 2.28 bits per heavy atom. The van der Waals surface area contributed by atoms with Gasteiger partial charge in [0, 0.05) is 17.8 Å². The molecule has 5 nitrogen and oxygen atoms in total. The lowest BCUT2D eigenvalue weighted by Crippen LogP contribution is -2.32. The molecular formula is C17H21Cl2FN4O. The molecule has 1 amide bonds. The Morgan fingerprint density at radius 1 is 1.48 bits per heavy atom. The Balaban J connectivity index is 0.00000225. The summed E-state index contributed by atoms with van der Waals surface area (Å²) in [5.74, 6) is -0.674. The van der Waals surface area contributed by atoms with Crippen LogP contribution in [0.1, 0.15) is 47.9 Å². The lowest BCUT2D eigenvalue weighted by atomic mass is 10.1. The number of aromatic nitrogens is 2. The largest absolute Gasteiger partial charge is 0.344 e. The lowest BCUT2D eigenvalue weighted by Gasteiger charge is -2.22. The van der Waals surface area contributed by atoms with Crippen LogP contribution in [-0.2, 0) is 0 Å². The fourth-order valence-electron chi connectivity index (χ4n) is 2.92. The molecule has 2 aromatic rings. The molecule has 3 rings (SSSR count). The summed E-state index contributed by atoms with van der Waals surface area (Å²) in [5.41, 5.74) is 1.04. The van der Waals surface area contributed by atoms with E-state index in [4.69, 9.17) is 11.6 Å². The number of rotatable bonds is 4. The van der Waals surface area contributed by atoms with E-state index in [0.29, 0.717) is 16.3 Å². The highest BCUT2D eigenvalue weighted by molar-refractivity contribution is 6.31. The fourth-order valence-corrected chi connectivity index (χ4v) is 3.25. The number of carbonyl (C=O) groups is 1. The van der Waals surface area contributed by atoms with E-state index in [0.717, 1.165) is 25.9 Å². The van der Waals surface area contributed by atoms with Crippen molar-refractivity contribution in [2.45, 2.75) is 31.8 Å². The van der Waals surface area contributed by atoms with Crippen LogP contribution < -0.4 is 10.6 Å². The predicted molar refractivity (Wildman–Crippen MR) is 97.9 cm³/mol. The maximum atomic E-state index is 13.1. The molecule has 2 atom stereocenters. The molecule has 25 heavy (non-hydrogen) atoms. The van der Waals surface area contributed by atoms with E-state index in [1.165, 1.54) is 12.1 Å². The van der Waals surface area contributed by atoms with Crippen LogP contribution in [0.2, 0.25) is 5.02 Å². The zero-order valence-corrected chi connectivity index (χ0v) is 15.4. The van der Waals surface area contributed by atoms with Crippen LogP contribution in [0.15, 0.2) is 30.5 Å². The average Bonchev–Trinajstić information content (AvgIpc) is 3.05. The van der Waals surface area contributed by atoms with Gasteiger partial charge in [-0.2, -0.15) is 5.10 Å². The van der Waals surface area contributed by atoms with Gasteiger partial charge in [-0.1, -0.05) is 17.7 Å². The first kappa shape index (κ1) is 19.7. The summed E-state index contributed by atoms with van der Waals surface area (Å²) < 4.78 is 15.0. The van der Waals surface area contributed by atoms with Gasteiger partial charge >= 0.3 is 0 Å². The standard InChI is InChI=1S/C17H20ClFN4O.ClH/c1-11(14-5-4-12(19)9-15(14)18)21-17(24)16-6-8-23(22-16)13-3-2-7-20-10-13;/h4-6,8-9,11,13,20H,2-3,7,10H2,1H3,(H,21,24);1H. The number of halogens is 3. The highest BCUT2D eigenvalue weighted by Gasteiger charge is 2.19. The number of benzene rings is 1. The minimum Gasteiger partial charge on any atom is -0.344 e. The smallest absolute Gasteiger partial charge is 0.272 e. The average molecular weight is 387 g/mol. The summed E-state index contributed by atoms with van der Waals surface area (Å²) >= 11 is 6.04. The van der Waals surface area contributed by atoms with Crippen molar-refractivity contribution in [2.75, 3.05) is 13.1 Å². The van der Waals surface area contributed by atoms with Crippen LogP contribution >= 0.6 is 24.0 Å². The van der Waals surface area contributed by atoms with Crippen molar-refractivity contribution in [3.05, 3.63) is 52.6 Å². The van der Waals surface area contributed by atoms with E-state index in [2.05, 4.69) is 15.7 Å². The molecule has 0 bridgehead atoms. The van der Waals surface area contributed by atoms with Gasteiger partial charge in [-0.05, 0) is 50.1 Å². The van der Waals surface area contributed by atoms with E-state index >= 15 is 0 Å². The highest BCUT2D eigenvalue weighted by Crippen LogP contribution is 2.24. The lowest BCUT2D eigenvalue weighted by molar-refractivity contribution is 0.0933. The molecule has 1 aromatic heterocycles. The van der Waals surface area contributed by atoms with Crippen molar-refractivity contribution in [3.8, 4) is 0 Å². The van der Waals surface area contributed by atoms with Crippen molar-refractivity contribution >= 4 is 29.9 Å². The first-order chi connectivity index (χ1) is 11.5. The summed E-state index contributed by atoms with van der Waals surface area (Å²) in [6.45, 7) is 3.70. The topological polar surface area (TPSA) is 59.0 Å². The third-order valence-electron chi connectivity index (χ3n) is 4.26. The summed E-state index contributed by atoms with van der Waals surface area (Å²) in [4.78, 5) is 12.4. The van der Waals surface area contributed by atoms with Gasteiger partial charge < -0.3 is 10.6 Å². The monoisotopic (exact) mass is 386 g/mol. The summed E-state index contributed by atoms with van der Waals surface area (Å²) in [5, 5.41) is 10.9. The van der Waals surface area contributed by atoms with E-state index in [1.54, 1.807) is 19.1 Å². The fraction of sp³-hybridized carbons (Fsp3) is 0.412. The molecule has 1 aliphatic heterocycles. The van der Waals surface area contributed by atoms with Crippen LogP contribution in [0.4, 0.5) is 4.39 Å². The van der Waals surface area contributed by atoms with Crippen molar-refractivity contribution in [1.29, 1.82) is 0 Å². The van der Waals surface area contributed by atoms with Crippen molar-refractivity contribution in [2.24, 2.45) is 0 Å². The molecule has 0 spiro atoms. The Morgan fingerprint density at radius 3 is 2.96 bits per heavy atom. The van der Waals surface area contributed by atoms with Gasteiger partial charge in [-0.25, -0.2) is 4.39 Å². The Labute approximate surface area is 157 Å². The van der Waals surface area contributed by atoms with Crippen LogP contribution in [0.5, 0.6) is 0 Å². The van der Waals surface area contributed by atoms with E-state index < -0.39 is 5.82 Å². The van der Waals surface area contributed by atoms with Crippen molar-refractivity contribution in [3.63, 3.8) is 0 Å². The molecule has 0 saturated carbocycles. The zero-order chi connectivity index (χ0) is 17.1. The summed E-state index contributed by atoms with van der Waals surface area (Å²) in [6, 6.07) is 5.80. The van der Waals surface area contributed by atoms with Crippen LogP contribution in [0.25, 0.3) is 0 Å². The number of hydrogen-bond acceptors (Lipinski definition) is 3. The van der Waals surface area contributed by atoms with Gasteiger partial charge in [-0.15, -0.1) is 12.4 Å². The number of nitrogens with one attached hydrogen (secondary N) is 2. The number of hydrogen-bond donors (Lipinski definition) is 2. The molecule has 2 unspecified atom stereocenters. The molecular weight excluding hydrogens is 366 g/mol. The van der Waals surface area contributed by atoms with Gasteiger partial charge in [-0.3, -0.25) is 9.48 Å². The van der Waals surface area contributed by atoms with Crippen molar-refractivity contribution < 1.29 is 9.18 Å². The SMILES string of the molecule is CC(NC(=O)c1ccn(C2CCCNC2)n1)c1ccc(F)cc1Cl.Cl. The maximum absolute atomic E-state index is 13.1. The second-order valence-corrected chi connectivity index (χ2v) is 6.45. The number of amides is 1. The minimum absolute atomic E-state index is 0. The van der Waals surface area contributed by atoms with Gasteiger partial charge in [0.1, 0.15) is 11.5 Å². The van der Waals surface area contributed by atoms with E-state index in [1.807, 2.05) is 10.9 Å². The third-order valence-corrected chi connectivity index (χ3v) is 4.59. The van der Waals surface area contributed by atoms with Gasteiger partial charge in [0.05, 0.1) is 12.1 Å². The van der Waals surface area contributed by atoms with Gasteiger partial charge in [0.2, 0.25) is 0 Å². The van der Waals surface area contributed by atoms with Crippen LogP contribution in [-0.4, -0.2) is 28.8 Å². The Kier molecular flexibility index (Phi) is 6.81. The highest BCUT2D eigenvalue weighted by atomic mass is 35.5. The number of carbonyl (C=O) groups excluding carboxylic acids is 1. The Hall–Kier alpha value is -1.63. The molecule has 2 N–H and O–H groups in total. The number of nitrogens with zero attached hydrogens (tertiary/aromatic N) is 2.